The Kier molecular flexibility index (Phi) is 3.62. The molecule has 0 saturated heterocycles. The SMILES string of the molecule is CC(C)c1ccc(Oc2cc(Cl)nc(C3CC3)n2)cc1. The molecule has 2 aromatic rings. The van der Waals surface area contributed by atoms with Crippen LogP contribution < -0.4 is 4.74 Å². The molecule has 0 radical (unpaired) electrons. The van der Waals surface area contributed by atoms with Gasteiger partial charge < -0.3 is 4.74 Å². The van der Waals surface area contributed by atoms with Crippen LogP contribution in [0.3, 0.4) is 0 Å². The van der Waals surface area contributed by atoms with Crippen molar-refractivity contribution in [1.82, 2.24) is 9.97 Å². The lowest BCUT2D eigenvalue weighted by atomic mass is 10.0. The Morgan fingerprint density at radius 2 is 1.85 bits per heavy atom. The largest absolute Gasteiger partial charge is 0.439 e. The van der Waals surface area contributed by atoms with Gasteiger partial charge in [0.1, 0.15) is 16.7 Å². The normalized spacial score (nSPS) is 14.6. The molecule has 1 aromatic carbocycles. The van der Waals surface area contributed by atoms with Crippen molar-refractivity contribution in [3.8, 4) is 11.6 Å². The van der Waals surface area contributed by atoms with Gasteiger partial charge in [-0.2, -0.15) is 4.98 Å². The fourth-order valence-corrected chi connectivity index (χ4v) is 2.21. The Morgan fingerprint density at radius 3 is 2.45 bits per heavy atom. The molecule has 1 fully saturated rings. The van der Waals surface area contributed by atoms with Crippen LogP contribution in [0.25, 0.3) is 0 Å². The average molecular weight is 289 g/mol. The molecule has 0 atom stereocenters. The van der Waals surface area contributed by atoms with Crippen LogP contribution in [-0.2, 0) is 0 Å². The van der Waals surface area contributed by atoms with Crippen molar-refractivity contribution in [3.05, 3.63) is 46.9 Å². The van der Waals surface area contributed by atoms with Crippen molar-refractivity contribution in [3.63, 3.8) is 0 Å². The van der Waals surface area contributed by atoms with Gasteiger partial charge in [-0.25, -0.2) is 4.98 Å². The van der Waals surface area contributed by atoms with E-state index in [1.807, 2.05) is 12.1 Å². The van der Waals surface area contributed by atoms with E-state index in [0.29, 0.717) is 22.9 Å². The first-order valence-corrected chi connectivity index (χ1v) is 7.32. The molecule has 0 amide bonds. The fourth-order valence-electron chi connectivity index (χ4n) is 2.03. The Morgan fingerprint density at radius 1 is 1.15 bits per heavy atom. The van der Waals surface area contributed by atoms with Gasteiger partial charge in [0.2, 0.25) is 5.88 Å². The Hall–Kier alpha value is -1.61. The van der Waals surface area contributed by atoms with E-state index in [0.717, 1.165) is 24.4 Å². The minimum atomic E-state index is 0.440. The van der Waals surface area contributed by atoms with Gasteiger partial charge in [-0.15, -0.1) is 0 Å². The van der Waals surface area contributed by atoms with E-state index in [2.05, 4.69) is 35.9 Å². The van der Waals surface area contributed by atoms with E-state index in [1.165, 1.54) is 5.56 Å². The first-order valence-electron chi connectivity index (χ1n) is 6.94. The Labute approximate surface area is 124 Å². The predicted octanol–water partition coefficient (Wildman–Crippen LogP) is 4.92. The van der Waals surface area contributed by atoms with Gasteiger partial charge in [-0.05, 0) is 36.5 Å². The zero-order valence-corrected chi connectivity index (χ0v) is 12.4. The summed E-state index contributed by atoms with van der Waals surface area (Å²) in [4.78, 5) is 8.68. The van der Waals surface area contributed by atoms with Crippen molar-refractivity contribution in [2.45, 2.75) is 38.5 Å². The third-order valence-electron chi connectivity index (χ3n) is 3.40. The molecule has 1 aliphatic rings. The monoisotopic (exact) mass is 288 g/mol. The first-order chi connectivity index (χ1) is 9.61. The highest BCUT2D eigenvalue weighted by Gasteiger charge is 2.27. The van der Waals surface area contributed by atoms with Crippen LogP contribution in [0.5, 0.6) is 11.6 Å². The summed E-state index contributed by atoms with van der Waals surface area (Å²) in [6.45, 7) is 4.34. The number of nitrogens with zero attached hydrogens (tertiary/aromatic N) is 2. The number of rotatable bonds is 4. The number of ether oxygens (including phenoxy) is 1. The predicted molar refractivity (Wildman–Crippen MR) is 79.6 cm³/mol. The van der Waals surface area contributed by atoms with Crippen molar-refractivity contribution >= 4 is 11.6 Å². The number of halogens is 1. The van der Waals surface area contributed by atoms with Gasteiger partial charge in [-0.3, -0.25) is 0 Å². The lowest BCUT2D eigenvalue weighted by Crippen LogP contribution is -1.96. The molecule has 0 aliphatic heterocycles. The molecule has 1 aliphatic carbocycles. The van der Waals surface area contributed by atoms with Crippen molar-refractivity contribution in [2.24, 2.45) is 0 Å². The summed E-state index contributed by atoms with van der Waals surface area (Å²) in [7, 11) is 0. The maximum Gasteiger partial charge on any atom is 0.224 e. The van der Waals surface area contributed by atoms with Crippen LogP contribution in [0.4, 0.5) is 0 Å². The molecule has 3 rings (SSSR count). The molecule has 0 unspecified atom stereocenters. The second kappa shape index (κ2) is 5.41. The van der Waals surface area contributed by atoms with Crippen molar-refractivity contribution in [1.29, 1.82) is 0 Å². The Balaban J connectivity index is 1.79. The third kappa shape index (κ3) is 3.10. The molecule has 3 nitrogen and oxygen atoms in total. The molecular formula is C16H17ClN2O. The smallest absolute Gasteiger partial charge is 0.224 e. The second-order valence-corrected chi connectivity index (χ2v) is 5.87. The molecule has 0 bridgehead atoms. The fraction of sp³-hybridized carbons (Fsp3) is 0.375. The molecule has 1 aromatic heterocycles. The van der Waals surface area contributed by atoms with E-state index >= 15 is 0 Å². The van der Waals surface area contributed by atoms with E-state index in [4.69, 9.17) is 16.3 Å². The van der Waals surface area contributed by atoms with Gasteiger partial charge in [-0.1, -0.05) is 37.6 Å². The zero-order chi connectivity index (χ0) is 14.1. The van der Waals surface area contributed by atoms with Gasteiger partial charge >= 0.3 is 0 Å². The van der Waals surface area contributed by atoms with E-state index in [1.54, 1.807) is 6.07 Å². The van der Waals surface area contributed by atoms with E-state index in [9.17, 15) is 0 Å². The van der Waals surface area contributed by atoms with E-state index in [-0.39, 0.29) is 0 Å². The number of benzene rings is 1. The molecule has 20 heavy (non-hydrogen) atoms. The molecule has 1 saturated carbocycles. The topological polar surface area (TPSA) is 35.0 Å². The summed E-state index contributed by atoms with van der Waals surface area (Å²) in [5.41, 5.74) is 1.29. The third-order valence-corrected chi connectivity index (χ3v) is 3.59. The average Bonchev–Trinajstić information content (AvgIpc) is 3.23. The lowest BCUT2D eigenvalue weighted by molar-refractivity contribution is 0.458. The van der Waals surface area contributed by atoms with E-state index < -0.39 is 0 Å². The maximum atomic E-state index is 6.02. The molecule has 0 N–H and O–H groups in total. The summed E-state index contributed by atoms with van der Waals surface area (Å²) in [5, 5.41) is 0.440. The van der Waals surface area contributed by atoms with Crippen LogP contribution in [-0.4, -0.2) is 9.97 Å². The molecule has 1 heterocycles. The Bertz CT molecular complexity index is 606. The summed E-state index contributed by atoms with van der Waals surface area (Å²) >= 11 is 6.02. The first kappa shape index (κ1) is 13.4. The van der Waals surface area contributed by atoms with Gasteiger partial charge in [0.25, 0.3) is 0 Å². The number of aromatic nitrogens is 2. The standard InChI is InChI=1S/C16H17ClN2O/c1-10(2)11-5-7-13(8-6-11)20-15-9-14(17)18-16(19-15)12-3-4-12/h5-10,12H,3-4H2,1-2H3. The minimum Gasteiger partial charge on any atom is -0.439 e. The summed E-state index contributed by atoms with van der Waals surface area (Å²) in [5.74, 6) is 3.06. The van der Waals surface area contributed by atoms with Crippen molar-refractivity contribution < 1.29 is 4.74 Å². The zero-order valence-electron chi connectivity index (χ0n) is 11.6. The second-order valence-electron chi connectivity index (χ2n) is 5.49. The molecular weight excluding hydrogens is 272 g/mol. The quantitative estimate of drug-likeness (QED) is 0.749. The highest BCUT2D eigenvalue weighted by Crippen LogP contribution is 2.39. The maximum absolute atomic E-state index is 6.02. The van der Waals surface area contributed by atoms with Gasteiger partial charge in [0, 0.05) is 12.0 Å². The number of hydrogen-bond donors (Lipinski definition) is 0. The summed E-state index contributed by atoms with van der Waals surface area (Å²) in [6, 6.07) is 9.73. The van der Waals surface area contributed by atoms with Gasteiger partial charge in [0.05, 0.1) is 0 Å². The molecule has 4 heteroatoms. The van der Waals surface area contributed by atoms with Crippen LogP contribution in [0.2, 0.25) is 5.15 Å². The van der Waals surface area contributed by atoms with Crippen molar-refractivity contribution in [2.75, 3.05) is 0 Å². The highest BCUT2D eigenvalue weighted by atomic mass is 35.5. The highest BCUT2D eigenvalue weighted by molar-refractivity contribution is 6.29. The van der Waals surface area contributed by atoms with Crippen LogP contribution in [0, 0.1) is 0 Å². The minimum absolute atomic E-state index is 0.440. The molecule has 0 spiro atoms. The lowest BCUT2D eigenvalue weighted by Gasteiger charge is -2.09. The number of hydrogen-bond acceptors (Lipinski definition) is 3. The van der Waals surface area contributed by atoms with Gasteiger partial charge in [0.15, 0.2) is 0 Å². The molecule has 104 valence electrons. The van der Waals surface area contributed by atoms with Crippen LogP contribution in [0.1, 0.15) is 49.9 Å². The summed E-state index contributed by atoms with van der Waals surface area (Å²) in [6.07, 6.45) is 2.28. The summed E-state index contributed by atoms with van der Waals surface area (Å²) < 4.78 is 5.78. The van der Waals surface area contributed by atoms with Crippen LogP contribution >= 0.6 is 11.6 Å². The van der Waals surface area contributed by atoms with Crippen LogP contribution in [0.15, 0.2) is 30.3 Å².